The van der Waals surface area contributed by atoms with E-state index >= 15 is 0 Å². The van der Waals surface area contributed by atoms with E-state index in [4.69, 9.17) is 4.52 Å². The van der Waals surface area contributed by atoms with Crippen LogP contribution >= 0.6 is 0 Å². The van der Waals surface area contributed by atoms with Crippen LogP contribution in [0, 0.1) is 5.92 Å². The molecule has 0 N–H and O–H groups in total. The third-order valence-electron chi connectivity index (χ3n) is 5.58. The Kier molecular flexibility index (Phi) is 5.02. The van der Waals surface area contributed by atoms with Gasteiger partial charge in [0.15, 0.2) is 5.82 Å². The van der Waals surface area contributed by atoms with Crippen LogP contribution in [0.2, 0.25) is 0 Å². The van der Waals surface area contributed by atoms with Crippen LogP contribution < -0.4 is 4.90 Å². The molecule has 2 aromatic rings. The smallest absolute Gasteiger partial charge is 0.229 e. The van der Waals surface area contributed by atoms with E-state index in [1.807, 2.05) is 0 Å². The third kappa shape index (κ3) is 4.03. The van der Waals surface area contributed by atoms with Crippen molar-refractivity contribution >= 4 is 5.69 Å². The second-order valence-electron chi connectivity index (χ2n) is 7.66. The average molecular weight is 340 g/mol. The summed E-state index contributed by atoms with van der Waals surface area (Å²) in [6.07, 6.45) is 6.24. The molecule has 0 radical (unpaired) electrons. The topological polar surface area (TPSA) is 45.4 Å². The molecule has 5 nitrogen and oxygen atoms in total. The van der Waals surface area contributed by atoms with Crippen molar-refractivity contribution in [1.82, 2.24) is 15.0 Å². The van der Waals surface area contributed by atoms with Gasteiger partial charge in [-0.15, -0.1) is 0 Å². The zero-order chi connectivity index (χ0) is 17.1. The minimum Gasteiger partial charge on any atom is -0.371 e. The first-order valence-electron chi connectivity index (χ1n) is 9.59. The van der Waals surface area contributed by atoms with Gasteiger partial charge in [0, 0.05) is 31.2 Å². The molecule has 1 aliphatic carbocycles. The highest BCUT2D eigenvalue weighted by Gasteiger charge is 2.25. The van der Waals surface area contributed by atoms with E-state index in [9.17, 15) is 0 Å². The van der Waals surface area contributed by atoms with Crippen LogP contribution in [0.25, 0.3) is 0 Å². The summed E-state index contributed by atoms with van der Waals surface area (Å²) >= 11 is 0. The summed E-state index contributed by atoms with van der Waals surface area (Å²) in [4.78, 5) is 9.47. The largest absolute Gasteiger partial charge is 0.371 e. The Balaban J connectivity index is 1.27. The summed E-state index contributed by atoms with van der Waals surface area (Å²) in [6, 6.07) is 10.7. The van der Waals surface area contributed by atoms with Gasteiger partial charge in [-0.05, 0) is 44.4 Å². The maximum absolute atomic E-state index is 5.50. The lowest BCUT2D eigenvalue weighted by molar-refractivity contribution is 0.267. The monoisotopic (exact) mass is 340 g/mol. The van der Waals surface area contributed by atoms with Gasteiger partial charge in [-0.2, -0.15) is 4.98 Å². The Morgan fingerprint density at radius 2 is 1.96 bits per heavy atom. The molecule has 2 aliphatic rings. The molecule has 4 rings (SSSR count). The van der Waals surface area contributed by atoms with Crippen LogP contribution in [0.1, 0.15) is 49.7 Å². The van der Waals surface area contributed by atoms with Gasteiger partial charge in [0.1, 0.15) is 0 Å². The zero-order valence-corrected chi connectivity index (χ0v) is 15.1. The summed E-state index contributed by atoms with van der Waals surface area (Å²) in [5.74, 6) is 2.89. The van der Waals surface area contributed by atoms with Crippen LogP contribution in [0.3, 0.4) is 0 Å². The summed E-state index contributed by atoms with van der Waals surface area (Å²) in [7, 11) is 2.16. The Morgan fingerprint density at radius 1 is 1.16 bits per heavy atom. The molecule has 134 valence electrons. The van der Waals surface area contributed by atoms with E-state index in [2.05, 4.69) is 57.3 Å². The number of rotatable bonds is 6. The molecule has 1 aromatic carbocycles. The van der Waals surface area contributed by atoms with Gasteiger partial charge in [0.05, 0.1) is 6.54 Å². The lowest BCUT2D eigenvalue weighted by Gasteiger charge is -2.21. The number of benzene rings is 1. The van der Waals surface area contributed by atoms with Crippen LogP contribution in [0.4, 0.5) is 5.69 Å². The van der Waals surface area contributed by atoms with Gasteiger partial charge in [-0.1, -0.05) is 36.2 Å². The van der Waals surface area contributed by atoms with Crippen molar-refractivity contribution in [3.63, 3.8) is 0 Å². The molecule has 1 aliphatic heterocycles. The van der Waals surface area contributed by atoms with Gasteiger partial charge in [-0.3, -0.25) is 4.90 Å². The van der Waals surface area contributed by atoms with Crippen LogP contribution in [-0.2, 0) is 6.54 Å². The predicted octanol–water partition coefficient (Wildman–Crippen LogP) is 3.69. The fraction of sp³-hybridized carbons (Fsp3) is 0.600. The van der Waals surface area contributed by atoms with Crippen molar-refractivity contribution in [1.29, 1.82) is 0 Å². The fourth-order valence-corrected chi connectivity index (χ4v) is 4.27. The van der Waals surface area contributed by atoms with Gasteiger partial charge < -0.3 is 9.42 Å². The second-order valence-corrected chi connectivity index (χ2v) is 7.66. The van der Waals surface area contributed by atoms with E-state index in [0.717, 1.165) is 37.9 Å². The second kappa shape index (κ2) is 7.56. The van der Waals surface area contributed by atoms with Gasteiger partial charge in [0.25, 0.3) is 0 Å². The normalized spacial score (nSPS) is 21.5. The number of nitrogens with zero attached hydrogens (tertiary/aromatic N) is 4. The number of hydrogen-bond donors (Lipinski definition) is 0. The summed E-state index contributed by atoms with van der Waals surface area (Å²) < 4.78 is 5.50. The maximum Gasteiger partial charge on any atom is 0.229 e. The van der Waals surface area contributed by atoms with Crippen molar-refractivity contribution < 1.29 is 4.52 Å². The van der Waals surface area contributed by atoms with Crippen molar-refractivity contribution in [2.24, 2.45) is 5.92 Å². The molecule has 1 atom stereocenters. The molecule has 5 heteroatoms. The molecule has 2 fully saturated rings. The Hall–Kier alpha value is -1.88. The number of para-hydroxylation sites is 1. The van der Waals surface area contributed by atoms with Gasteiger partial charge >= 0.3 is 0 Å². The molecular weight excluding hydrogens is 312 g/mol. The van der Waals surface area contributed by atoms with Crippen LogP contribution in [-0.4, -0.2) is 41.7 Å². The van der Waals surface area contributed by atoms with Crippen molar-refractivity contribution in [2.75, 3.05) is 31.6 Å². The van der Waals surface area contributed by atoms with Gasteiger partial charge in [0.2, 0.25) is 5.89 Å². The first kappa shape index (κ1) is 16.6. The van der Waals surface area contributed by atoms with Crippen LogP contribution in [0.5, 0.6) is 0 Å². The molecule has 1 aromatic heterocycles. The Morgan fingerprint density at radius 3 is 2.76 bits per heavy atom. The van der Waals surface area contributed by atoms with E-state index in [-0.39, 0.29) is 0 Å². The van der Waals surface area contributed by atoms with Gasteiger partial charge in [-0.25, -0.2) is 0 Å². The molecular formula is C20H28N4O. The highest BCUT2D eigenvalue weighted by atomic mass is 16.5. The number of aromatic nitrogens is 2. The molecule has 0 amide bonds. The minimum atomic E-state index is 0.501. The summed E-state index contributed by atoms with van der Waals surface area (Å²) in [6.45, 7) is 4.14. The Bertz CT molecular complexity index is 665. The van der Waals surface area contributed by atoms with Crippen molar-refractivity contribution in [3.05, 3.63) is 42.0 Å². The Labute approximate surface area is 150 Å². The average Bonchev–Trinajstić information content (AvgIpc) is 3.37. The van der Waals surface area contributed by atoms with E-state index in [1.165, 1.54) is 37.8 Å². The van der Waals surface area contributed by atoms with Crippen molar-refractivity contribution in [3.8, 4) is 0 Å². The maximum atomic E-state index is 5.50. The first-order chi connectivity index (χ1) is 12.3. The standard InChI is InChI=1S/C20H28N4O/c1-23(15-19-21-20(25-22-19)17-7-5-6-8-17)13-16-11-12-24(14-16)18-9-3-2-4-10-18/h2-4,9-10,16-17H,5-8,11-15H2,1H3. The minimum absolute atomic E-state index is 0.501. The fourth-order valence-electron chi connectivity index (χ4n) is 4.27. The first-order valence-corrected chi connectivity index (χ1v) is 9.59. The molecule has 1 unspecified atom stereocenters. The number of anilines is 1. The van der Waals surface area contributed by atoms with E-state index < -0.39 is 0 Å². The summed E-state index contributed by atoms with van der Waals surface area (Å²) in [5.41, 5.74) is 1.34. The van der Waals surface area contributed by atoms with E-state index in [1.54, 1.807) is 0 Å². The lowest BCUT2D eigenvalue weighted by Crippen LogP contribution is -2.28. The van der Waals surface area contributed by atoms with E-state index in [0.29, 0.717) is 11.8 Å². The highest BCUT2D eigenvalue weighted by molar-refractivity contribution is 5.46. The third-order valence-corrected chi connectivity index (χ3v) is 5.58. The molecule has 2 heterocycles. The lowest BCUT2D eigenvalue weighted by atomic mass is 10.1. The highest BCUT2D eigenvalue weighted by Crippen LogP contribution is 2.33. The summed E-state index contributed by atoms with van der Waals surface area (Å²) in [5, 5.41) is 4.20. The molecule has 0 spiro atoms. The molecule has 1 saturated heterocycles. The van der Waals surface area contributed by atoms with Crippen LogP contribution in [0.15, 0.2) is 34.9 Å². The number of hydrogen-bond acceptors (Lipinski definition) is 5. The zero-order valence-electron chi connectivity index (χ0n) is 15.1. The molecule has 1 saturated carbocycles. The molecule has 25 heavy (non-hydrogen) atoms. The predicted molar refractivity (Wildman–Crippen MR) is 98.6 cm³/mol. The quantitative estimate of drug-likeness (QED) is 0.802. The molecule has 0 bridgehead atoms. The van der Waals surface area contributed by atoms with Crippen molar-refractivity contribution in [2.45, 2.75) is 44.6 Å². The SMILES string of the molecule is CN(Cc1noc(C2CCCC2)n1)CC1CCN(c2ccccc2)C1.